The van der Waals surface area contributed by atoms with Crippen molar-refractivity contribution in [2.24, 2.45) is 0 Å². The van der Waals surface area contributed by atoms with E-state index in [1.807, 2.05) is 0 Å². The van der Waals surface area contributed by atoms with Crippen LogP contribution in [0.4, 0.5) is 0 Å². The van der Waals surface area contributed by atoms with Gasteiger partial charge in [0.2, 0.25) is 0 Å². The predicted molar refractivity (Wildman–Crippen MR) is 33.2 cm³/mol. The minimum atomic E-state index is -1.62. The number of halogens is 1. The lowest BCUT2D eigenvalue weighted by atomic mass is 10.6. The van der Waals surface area contributed by atoms with Crippen LogP contribution in [0, 0.1) is 0 Å². The van der Waals surface area contributed by atoms with Gasteiger partial charge >= 0.3 is 0 Å². The van der Waals surface area contributed by atoms with Crippen molar-refractivity contribution in [3.05, 3.63) is 0 Å². The van der Waals surface area contributed by atoms with E-state index in [-0.39, 0.29) is 17.7 Å². The Hall–Kier alpha value is 0.400. The van der Waals surface area contributed by atoms with Crippen LogP contribution in [0.1, 0.15) is 13.8 Å². The summed E-state index contributed by atoms with van der Waals surface area (Å²) >= 11 is -1.62. The van der Waals surface area contributed by atoms with Gasteiger partial charge in [0.15, 0.2) is 11.1 Å². The van der Waals surface area contributed by atoms with Crippen LogP contribution in [0.5, 0.6) is 0 Å². The fourth-order valence-electron chi connectivity index (χ4n) is 0. The molecule has 0 saturated carbocycles. The average molecular weight is 145 g/mol. The van der Waals surface area contributed by atoms with E-state index in [0.717, 1.165) is 0 Å². The first kappa shape index (κ1) is 10.4. The van der Waals surface area contributed by atoms with Gasteiger partial charge in [0.25, 0.3) is 0 Å². The molecule has 0 aliphatic heterocycles. The van der Waals surface area contributed by atoms with Crippen molar-refractivity contribution in [2.75, 3.05) is 0 Å². The first-order chi connectivity index (χ1) is 2.64. The monoisotopic (exact) mass is 144 g/mol. The number of hydrogen-bond donors (Lipinski definition) is 1. The van der Waals surface area contributed by atoms with Gasteiger partial charge in [0.05, 0.1) is 5.25 Å². The largest absolute Gasteiger partial charge is 0.306 e. The molecule has 0 rings (SSSR count). The molecule has 0 aromatic heterocycles. The Labute approximate surface area is 52.0 Å². The summed E-state index contributed by atoms with van der Waals surface area (Å²) in [4.78, 5) is 0. The third-order valence-corrected chi connectivity index (χ3v) is 1.21. The minimum absolute atomic E-state index is 0. The summed E-state index contributed by atoms with van der Waals surface area (Å²) in [5.74, 6) is 0. The molecule has 1 atom stereocenters. The number of hydrogen-bond acceptors (Lipinski definition) is 1. The van der Waals surface area contributed by atoms with Gasteiger partial charge < -0.3 is 4.55 Å². The summed E-state index contributed by atoms with van der Waals surface area (Å²) in [5.41, 5.74) is 0. The fourth-order valence-corrected chi connectivity index (χ4v) is 0. The molecular formula is C3H9ClO2S. The highest BCUT2D eigenvalue weighted by atomic mass is 35.5. The molecule has 0 aliphatic carbocycles. The molecule has 0 spiro atoms. The second-order valence-corrected chi connectivity index (χ2v) is 2.82. The zero-order valence-corrected chi connectivity index (χ0v) is 5.88. The summed E-state index contributed by atoms with van der Waals surface area (Å²) in [5, 5.41) is -0.120. The zero-order valence-electron chi connectivity index (χ0n) is 4.25. The van der Waals surface area contributed by atoms with Crippen LogP contribution < -0.4 is 0 Å². The van der Waals surface area contributed by atoms with E-state index in [9.17, 15) is 4.21 Å². The molecule has 0 aliphatic rings. The molecule has 0 amide bonds. The molecule has 4 heteroatoms. The van der Waals surface area contributed by atoms with E-state index in [0.29, 0.717) is 0 Å². The van der Waals surface area contributed by atoms with E-state index >= 15 is 0 Å². The zero-order chi connectivity index (χ0) is 5.15. The molecule has 0 fully saturated rings. The number of rotatable bonds is 1. The molecule has 0 saturated heterocycles. The van der Waals surface area contributed by atoms with Crippen molar-refractivity contribution in [3.8, 4) is 0 Å². The van der Waals surface area contributed by atoms with E-state index in [2.05, 4.69) is 0 Å². The summed E-state index contributed by atoms with van der Waals surface area (Å²) in [6.07, 6.45) is 0. The molecule has 1 unspecified atom stereocenters. The third kappa shape index (κ3) is 6.40. The van der Waals surface area contributed by atoms with E-state index in [1.165, 1.54) is 0 Å². The summed E-state index contributed by atoms with van der Waals surface area (Å²) in [6, 6.07) is 0. The van der Waals surface area contributed by atoms with Crippen LogP contribution in [-0.2, 0) is 11.1 Å². The molecule has 0 heterocycles. The molecule has 0 aromatic rings. The Morgan fingerprint density at radius 3 is 1.71 bits per heavy atom. The SMILES string of the molecule is CC(C)S(=O)O.Cl. The van der Waals surface area contributed by atoms with Crippen molar-refractivity contribution < 1.29 is 8.76 Å². The van der Waals surface area contributed by atoms with Crippen LogP contribution >= 0.6 is 12.4 Å². The Morgan fingerprint density at radius 2 is 1.71 bits per heavy atom. The molecule has 0 aromatic carbocycles. The van der Waals surface area contributed by atoms with E-state index in [1.54, 1.807) is 13.8 Å². The maximum atomic E-state index is 9.81. The smallest absolute Gasteiger partial charge is 0.155 e. The van der Waals surface area contributed by atoms with Crippen LogP contribution in [-0.4, -0.2) is 14.0 Å². The topological polar surface area (TPSA) is 37.3 Å². The van der Waals surface area contributed by atoms with Gasteiger partial charge in [0.1, 0.15) is 0 Å². The van der Waals surface area contributed by atoms with Crippen molar-refractivity contribution in [1.29, 1.82) is 0 Å². The van der Waals surface area contributed by atoms with Gasteiger partial charge in [-0.15, -0.1) is 12.4 Å². The van der Waals surface area contributed by atoms with Crippen LogP contribution in [0.25, 0.3) is 0 Å². The van der Waals surface area contributed by atoms with Crippen molar-refractivity contribution in [3.63, 3.8) is 0 Å². The van der Waals surface area contributed by atoms with Crippen LogP contribution in [0.3, 0.4) is 0 Å². The third-order valence-electron chi connectivity index (χ3n) is 0.403. The molecule has 2 nitrogen and oxygen atoms in total. The summed E-state index contributed by atoms with van der Waals surface area (Å²) in [6.45, 7) is 3.38. The van der Waals surface area contributed by atoms with Gasteiger partial charge in [-0.1, -0.05) is 0 Å². The highest BCUT2D eigenvalue weighted by Gasteiger charge is 1.95. The summed E-state index contributed by atoms with van der Waals surface area (Å²) in [7, 11) is 0. The first-order valence-corrected chi connectivity index (χ1v) is 2.91. The maximum Gasteiger partial charge on any atom is 0.155 e. The Morgan fingerprint density at radius 1 is 1.57 bits per heavy atom. The second-order valence-electron chi connectivity index (χ2n) is 1.32. The highest BCUT2D eigenvalue weighted by molar-refractivity contribution is 7.79. The Kier molecular flexibility index (Phi) is 6.77. The van der Waals surface area contributed by atoms with Gasteiger partial charge in [-0.25, -0.2) is 4.21 Å². The lowest BCUT2D eigenvalue weighted by Crippen LogP contribution is -2.01. The van der Waals surface area contributed by atoms with E-state index < -0.39 is 11.1 Å². The highest BCUT2D eigenvalue weighted by Crippen LogP contribution is 1.85. The van der Waals surface area contributed by atoms with Gasteiger partial charge in [-0.2, -0.15) is 0 Å². The standard InChI is InChI=1S/C3H8O2S.ClH/c1-3(2)6(4)5;/h3H,1-2H3,(H,4,5);1H. The Bertz CT molecular complexity index is 64.0. The molecule has 0 bridgehead atoms. The van der Waals surface area contributed by atoms with Gasteiger partial charge in [0, 0.05) is 0 Å². The molecule has 7 heavy (non-hydrogen) atoms. The van der Waals surface area contributed by atoms with E-state index in [4.69, 9.17) is 4.55 Å². The van der Waals surface area contributed by atoms with Crippen molar-refractivity contribution >= 4 is 23.5 Å². The fraction of sp³-hybridized carbons (Fsp3) is 1.00. The quantitative estimate of drug-likeness (QED) is 0.559. The molecular weight excluding hydrogens is 136 g/mol. The molecule has 0 radical (unpaired) electrons. The normalized spacial score (nSPS) is 13.1. The van der Waals surface area contributed by atoms with Gasteiger partial charge in [-0.3, -0.25) is 0 Å². The van der Waals surface area contributed by atoms with Crippen LogP contribution in [0.2, 0.25) is 0 Å². The molecule has 46 valence electrons. The summed E-state index contributed by atoms with van der Waals surface area (Å²) < 4.78 is 17.9. The second kappa shape index (κ2) is 4.56. The predicted octanol–water partition coefficient (Wildman–Crippen LogP) is 1.04. The Balaban J connectivity index is 0. The lowest BCUT2D eigenvalue weighted by molar-refractivity contribution is 0.555. The molecule has 1 N–H and O–H groups in total. The maximum absolute atomic E-state index is 9.81. The van der Waals surface area contributed by atoms with Crippen LogP contribution in [0.15, 0.2) is 0 Å². The van der Waals surface area contributed by atoms with Gasteiger partial charge in [-0.05, 0) is 13.8 Å². The van der Waals surface area contributed by atoms with Crippen molar-refractivity contribution in [2.45, 2.75) is 19.1 Å². The van der Waals surface area contributed by atoms with Crippen molar-refractivity contribution in [1.82, 2.24) is 0 Å². The lowest BCUT2D eigenvalue weighted by Gasteiger charge is -1.90. The average Bonchev–Trinajstić information content (AvgIpc) is 1.36. The minimum Gasteiger partial charge on any atom is -0.306 e. The first-order valence-electron chi connectivity index (χ1n) is 1.74.